The maximum absolute atomic E-state index is 12.2. The van der Waals surface area contributed by atoms with Gasteiger partial charge in [0, 0.05) is 18.0 Å². The van der Waals surface area contributed by atoms with Crippen molar-refractivity contribution in [2.45, 2.75) is 43.9 Å². The number of benzene rings is 2. The fourth-order valence-electron chi connectivity index (χ4n) is 4.22. The molecule has 234 valence electrons. The van der Waals surface area contributed by atoms with Gasteiger partial charge >= 0.3 is 6.18 Å². The molecule has 44 heavy (non-hydrogen) atoms. The van der Waals surface area contributed by atoms with Crippen LogP contribution in [0.3, 0.4) is 0 Å². The van der Waals surface area contributed by atoms with Crippen molar-refractivity contribution in [1.29, 1.82) is 0 Å². The molecule has 5 rings (SSSR count). The zero-order chi connectivity index (χ0) is 31.5. The Bertz CT molecular complexity index is 1430. The highest BCUT2D eigenvalue weighted by Crippen LogP contribution is 2.19. The molecule has 1 amide bonds. The summed E-state index contributed by atoms with van der Waals surface area (Å²) >= 11 is 0. The van der Waals surface area contributed by atoms with Gasteiger partial charge in [-0.3, -0.25) is 4.79 Å². The number of ether oxygens (including phenoxy) is 3. The molecule has 1 aromatic heterocycles. The van der Waals surface area contributed by atoms with Crippen LogP contribution in [-0.4, -0.2) is 61.0 Å². The van der Waals surface area contributed by atoms with Gasteiger partial charge in [0.15, 0.2) is 6.61 Å². The lowest BCUT2D eigenvalue weighted by atomic mass is 10.1. The number of nitrogens with zero attached hydrogens (tertiary/aromatic N) is 3. The molecule has 2 aromatic carbocycles. The van der Waals surface area contributed by atoms with Crippen molar-refractivity contribution in [3.63, 3.8) is 0 Å². The summed E-state index contributed by atoms with van der Waals surface area (Å²) in [4.78, 5) is 24.3. The van der Waals surface area contributed by atoms with Crippen molar-refractivity contribution in [1.82, 2.24) is 4.98 Å². The second kappa shape index (κ2) is 14.9. The van der Waals surface area contributed by atoms with E-state index < -0.39 is 18.7 Å². The van der Waals surface area contributed by atoms with E-state index in [1.54, 1.807) is 24.3 Å². The highest BCUT2D eigenvalue weighted by Gasteiger charge is 2.28. The largest absolute Gasteiger partial charge is 0.699 e. The van der Waals surface area contributed by atoms with Crippen molar-refractivity contribution < 1.29 is 32.2 Å². The third kappa shape index (κ3) is 10.7. The van der Waals surface area contributed by atoms with E-state index in [1.807, 2.05) is 24.3 Å². The molecule has 2 atom stereocenters. The zero-order valence-corrected chi connectivity index (χ0v) is 23.7. The first kappa shape index (κ1) is 31.9. The fraction of sp³-hybridized carbons (Fsp3) is 0.333. The Labute approximate surface area is 252 Å². The van der Waals surface area contributed by atoms with Crippen LogP contribution < -0.4 is 21.5 Å². The maximum atomic E-state index is 12.2. The average molecular weight is 613 g/mol. The monoisotopic (exact) mass is 612 g/mol. The lowest BCUT2D eigenvalue weighted by Crippen LogP contribution is -2.19. The molecule has 0 unspecified atom stereocenters. The minimum absolute atomic E-state index is 0.0602. The topological polar surface area (TPSA) is 170 Å². The lowest BCUT2D eigenvalue weighted by molar-refractivity contribution is -0.154. The van der Waals surface area contributed by atoms with E-state index in [0.717, 1.165) is 37.4 Å². The van der Waals surface area contributed by atoms with Gasteiger partial charge in [-0.05, 0) is 55.0 Å². The Balaban J connectivity index is 0.000000246. The summed E-state index contributed by atoms with van der Waals surface area (Å²) in [5, 5.41) is 2.71. The van der Waals surface area contributed by atoms with E-state index in [1.165, 1.54) is 17.7 Å². The van der Waals surface area contributed by atoms with Crippen LogP contribution in [0.1, 0.15) is 34.3 Å². The number of nitrogens with two attached hydrogens (primary N) is 2. The number of halogens is 3. The third-order valence-electron chi connectivity index (χ3n) is 6.55. The van der Waals surface area contributed by atoms with Crippen LogP contribution in [0.15, 0.2) is 76.8 Å². The van der Waals surface area contributed by atoms with Gasteiger partial charge in [-0.1, -0.05) is 36.4 Å². The minimum atomic E-state index is -4.45. The summed E-state index contributed by atoms with van der Waals surface area (Å²) in [6.07, 6.45) is 0.201. The molecule has 11 nitrogen and oxygen atoms in total. The number of carbonyl (C=O) groups is 1. The number of hydrogen-bond acceptors (Lipinski definition) is 9. The molecule has 3 aromatic rings. The van der Waals surface area contributed by atoms with E-state index in [4.69, 9.17) is 26.7 Å². The van der Waals surface area contributed by atoms with E-state index in [9.17, 15) is 18.0 Å². The number of hydrogen-bond donors (Lipinski definition) is 3. The first-order chi connectivity index (χ1) is 21.0. The summed E-state index contributed by atoms with van der Waals surface area (Å²) in [7, 11) is 0. The number of aromatic nitrogens is 1. The summed E-state index contributed by atoms with van der Waals surface area (Å²) < 4.78 is 51.1. The van der Waals surface area contributed by atoms with Crippen molar-refractivity contribution in [2.75, 3.05) is 25.1 Å². The van der Waals surface area contributed by atoms with Crippen LogP contribution in [0.2, 0.25) is 0 Å². The summed E-state index contributed by atoms with van der Waals surface area (Å²) in [5.74, 6) is -0.637. The quantitative estimate of drug-likeness (QED) is 0.291. The van der Waals surface area contributed by atoms with Crippen molar-refractivity contribution >= 4 is 29.3 Å². The molecule has 6 N–H and O–H groups in total. The van der Waals surface area contributed by atoms with Crippen LogP contribution in [0.5, 0.6) is 5.88 Å². The molecule has 0 saturated heterocycles. The van der Waals surface area contributed by atoms with Crippen molar-refractivity contribution in [2.24, 2.45) is 21.5 Å². The number of rotatable bonds is 10. The second-order valence-corrected chi connectivity index (χ2v) is 10.1. The molecule has 0 bridgehead atoms. The molecule has 0 spiro atoms. The number of pyridine rings is 1. The highest BCUT2D eigenvalue weighted by molar-refractivity contribution is 6.04. The van der Waals surface area contributed by atoms with Gasteiger partial charge in [-0.25, -0.2) is 15.0 Å². The lowest BCUT2D eigenvalue weighted by Gasteiger charge is -2.09. The Kier molecular flexibility index (Phi) is 10.8. The van der Waals surface area contributed by atoms with Gasteiger partial charge in [-0.15, -0.1) is 5.69 Å². The molecule has 2 aliphatic rings. The van der Waals surface area contributed by atoms with Crippen molar-refractivity contribution in [3.8, 4) is 5.88 Å². The van der Waals surface area contributed by atoms with E-state index in [2.05, 4.69) is 25.0 Å². The van der Waals surface area contributed by atoms with Gasteiger partial charge in [0.1, 0.15) is 13.2 Å². The smallest absolute Gasteiger partial charge is 0.422 e. The molecule has 0 aliphatic carbocycles. The Morgan fingerprint density at radius 2 is 1.43 bits per heavy atom. The van der Waals surface area contributed by atoms with Crippen LogP contribution in [-0.2, 0) is 22.3 Å². The predicted octanol–water partition coefficient (Wildman–Crippen LogP) is 4.94. The molecule has 2 aliphatic heterocycles. The third-order valence-corrected chi connectivity index (χ3v) is 6.55. The highest BCUT2D eigenvalue weighted by atomic mass is 19.4. The number of anilines is 1. The Morgan fingerprint density at radius 3 is 1.89 bits per heavy atom. The van der Waals surface area contributed by atoms with Gasteiger partial charge in [0.2, 0.25) is 5.88 Å². The van der Waals surface area contributed by atoms with Crippen LogP contribution in [0, 0.1) is 0 Å². The van der Waals surface area contributed by atoms with Gasteiger partial charge in [0.05, 0.1) is 17.6 Å². The van der Waals surface area contributed by atoms with Crippen molar-refractivity contribution in [3.05, 3.63) is 89.3 Å². The van der Waals surface area contributed by atoms with Gasteiger partial charge in [-0.2, -0.15) is 13.2 Å². The summed E-state index contributed by atoms with van der Waals surface area (Å²) in [5.41, 5.74) is 21.9. The molecule has 0 saturated carbocycles. The molecule has 3 heterocycles. The molecule has 14 heteroatoms. The minimum Gasteiger partial charge on any atom is -0.699 e. The van der Waals surface area contributed by atoms with E-state index in [0.29, 0.717) is 30.6 Å². The van der Waals surface area contributed by atoms with Gasteiger partial charge in [0.25, 0.3) is 18.0 Å². The number of alkyl halides is 3. The number of nitrogens with one attached hydrogen (secondary N) is 2. The second-order valence-electron chi connectivity index (χ2n) is 10.1. The fourth-order valence-corrected chi connectivity index (χ4v) is 4.22. The van der Waals surface area contributed by atoms with E-state index >= 15 is 0 Å². The molecular weight excluding hydrogens is 579 g/mol. The number of aliphatic imine (C=N–C) groups is 2. The molecular formula is C30H33F3N7O4-. The first-order valence-electron chi connectivity index (χ1n) is 13.8. The van der Waals surface area contributed by atoms with Gasteiger partial charge < -0.3 is 36.7 Å². The SMILES string of the molecule is NC1=N[C@@H](CCc2ccc(NC(=O)c3ccc(OCC(F)(F)F)nc3)cc2)CO1.[NH-]c1ccc(CC[C@H]2COC(N)=N2)cc1. The summed E-state index contributed by atoms with van der Waals surface area (Å²) in [6, 6.07) is 18.2. The average Bonchev–Trinajstić information content (AvgIpc) is 3.62. The maximum Gasteiger partial charge on any atom is 0.422 e. The normalized spacial score (nSPS) is 17.3. The predicted molar refractivity (Wildman–Crippen MR) is 160 cm³/mol. The number of amides is 1. The number of aryl methyl sites for hydroxylation is 2. The van der Waals surface area contributed by atoms with E-state index in [-0.39, 0.29) is 29.5 Å². The number of amidine groups is 2. The summed E-state index contributed by atoms with van der Waals surface area (Å²) in [6.45, 7) is -0.345. The first-order valence-corrected chi connectivity index (χ1v) is 13.8. The standard InChI is InChI=1S/C19H19F3N4O3.C11H14N3O/c20-19(21,22)11-29-16-8-4-13(9-24-16)17(27)25-14-5-1-12(2-6-14)3-7-15-10-28-18(23)26-15;12-9-4-1-8(2-5-9)3-6-10-7-15-11(13)14-10/h1-2,4-6,8-9,15H,3,7,10-11H2,(H2,23,26)(H,25,27);1-2,4-5,10,12H,3,6-7H2,(H2,13,14)/q;-1/t15-;10-/m00/s1. The molecule has 0 radical (unpaired) electrons. The Hall–Kier alpha value is -5.01. The zero-order valence-electron chi connectivity index (χ0n) is 23.7. The Morgan fingerprint density at radius 1 is 0.886 bits per heavy atom. The number of carbonyl (C=O) groups excluding carboxylic acids is 1. The molecule has 0 fully saturated rings. The van der Waals surface area contributed by atoms with Crippen LogP contribution in [0.4, 0.5) is 24.5 Å². The van der Waals surface area contributed by atoms with Crippen LogP contribution in [0.25, 0.3) is 5.73 Å². The van der Waals surface area contributed by atoms with Crippen LogP contribution >= 0.6 is 0 Å².